The SMILES string of the molecule is CC(C)CC(CO)NC(=O)CC(C)CC(=O)O. The lowest BCUT2D eigenvalue weighted by molar-refractivity contribution is -0.138. The van der Waals surface area contributed by atoms with Crippen LogP contribution in [0, 0.1) is 11.8 Å². The van der Waals surface area contributed by atoms with Crippen LogP contribution in [0.2, 0.25) is 0 Å². The molecule has 0 aromatic carbocycles. The lowest BCUT2D eigenvalue weighted by Gasteiger charge is -2.19. The minimum Gasteiger partial charge on any atom is -0.481 e. The Bertz CT molecular complexity index is 253. The average Bonchev–Trinajstić information content (AvgIpc) is 2.13. The first-order valence-corrected chi connectivity index (χ1v) is 5.97. The number of aliphatic hydroxyl groups excluding tert-OH is 1. The summed E-state index contributed by atoms with van der Waals surface area (Å²) >= 11 is 0. The Morgan fingerprint density at radius 2 is 1.76 bits per heavy atom. The van der Waals surface area contributed by atoms with Gasteiger partial charge in [0.15, 0.2) is 0 Å². The van der Waals surface area contributed by atoms with E-state index >= 15 is 0 Å². The Kier molecular flexibility index (Phi) is 7.54. The van der Waals surface area contributed by atoms with E-state index in [0.717, 1.165) is 6.42 Å². The van der Waals surface area contributed by atoms with Crippen LogP contribution in [-0.2, 0) is 9.59 Å². The van der Waals surface area contributed by atoms with Crippen LogP contribution in [0.5, 0.6) is 0 Å². The van der Waals surface area contributed by atoms with Gasteiger partial charge in [-0.2, -0.15) is 0 Å². The Morgan fingerprint density at radius 3 is 2.18 bits per heavy atom. The van der Waals surface area contributed by atoms with Gasteiger partial charge in [0, 0.05) is 12.8 Å². The molecule has 3 N–H and O–H groups in total. The number of hydrogen-bond acceptors (Lipinski definition) is 3. The van der Waals surface area contributed by atoms with Crippen molar-refractivity contribution < 1.29 is 19.8 Å². The molecule has 0 saturated carbocycles. The molecule has 0 aromatic rings. The predicted octanol–water partition coefficient (Wildman–Crippen LogP) is 1.01. The van der Waals surface area contributed by atoms with Gasteiger partial charge in [-0.3, -0.25) is 9.59 Å². The second-order valence-corrected chi connectivity index (χ2v) is 4.98. The van der Waals surface area contributed by atoms with E-state index in [1.54, 1.807) is 6.92 Å². The molecule has 5 heteroatoms. The lowest BCUT2D eigenvalue weighted by atomic mass is 10.0. The van der Waals surface area contributed by atoms with Crippen molar-refractivity contribution in [2.24, 2.45) is 11.8 Å². The normalized spacial score (nSPS) is 14.4. The van der Waals surface area contributed by atoms with Crippen molar-refractivity contribution in [2.45, 2.75) is 46.1 Å². The van der Waals surface area contributed by atoms with Crippen LogP contribution in [-0.4, -0.2) is 34.7 Å². The van der Waals surface area contributed by atoms with Crippen molar-refractivity contribution >= 4 is 11.9 Å². The third-order valence-corrected chi connectivity index (χ3v) is 2.40. The van der Waals surface area contributed by atoms with E-state index in [2.05, 4.69) is 5.32 Å². The van der Waals surface area contributed by atoms with Crippen molar-refractivity contribution in [1.82, 2.24) is 5.32 Å². The smallest absolute Gasteiger partial charge is 0.303 e. The molecule has 0 rings (SSSR count). The van der Waals surface area contributed by atoms with Crippen LogP contribution in [0.3, 0.4) is 0 Å². The van der Waals surface area contributed by atoms with E-state index in [1.807, 2.05) is 13.8 Å². The summed E-state index contributed by atoms with van der Waals surface area (Å²) in [5, 5.41) is 20.4. The third-order valence-electron chi connectivity index (χ3n) is 2.40. The van der Waals surface area contributed by atoms with E-state index in [0.29, 0.717) is 5.92 Å². The summed E-state index contributed by atoms with van der Waals surface area (Å²) in [7, 11) is 0. The molecule has 0 radical (unpaired) electrons. The number of carbonyl (C=O) groups is 2. The maximum absolute atomic E-state index is 11.6. The summed E-state index contributed by atoms with van der Waals surface area (Å²) in [4.78, 5) is 22.0. The number of amides is 1. The Morgan fingerprint density at radius 1 is 1.18 bits per heavy atom. The summed E-state index contributed by atoms with van der Waals surface area (Å²) in [5.74, 6) is -0.889. The summed E-state index contributed by atoms with van der Waals surface area (Å²) in [6.45, 7) is 5.67. The van der Waals surface area contributed by atoms with Gasteiger partial charge < -0.3 is 15.5 Å². The molecule has 0 saturated heterocycles. The topological polar surface area (TPSA) is 86.6 Å². The van der Waals surface area contributed by atoms with Crippen molar-refractivity contribution in [1.29, 1.82) is 0 Å². The fraction of sp³-hybridized carbons (Fsp3) is 0.833. The zero-order valence-electron chi connectivity index (χ0n) is 10.8. The summed E-state index contributed by atoms with van der Waals surface area (Å²) < 4.78 is 0. The first-order valence-electron chi connectivity index (χ1n) is 5.97. The van der Waals surface area contributed by atoms with Crippen molar-refractivity contribution in [3.63, 3.8) is 0 Å². The number of carbonyl (C=O) groups excluding carboxylic acids is 1. The molecule has 0 spiro atoms. The molecule has 17 heavy (non-hydrogen) atoms. The molecule has 0 aliphatic rings. The van der Waals surface area contributed by atoms with Crippen molar-refractivity contribution in [3.8, 4) is 0 Å². The zero-order chi connectivity index (χ0) is 13.4. The van der Waals surface area contributed by atoms with Gasteiger partial charge in [0.1, 0.15) is 0 Å². The summed E-state index contributed by atoms with van der Waals surface area (Å²) in [6.07, 6.45) is 0.887. The van der Waals surface area contributed by atoms with Gasteiger partial charge in [-0.15, -0.1) is 0 Å². The molecule has 2 atom stereocenters. The molecule has 0 fully saturated rings. The number of hydrogen-bond donors (Lipinski definition) is 3. The molecular formula is C12H23NO4. The number of carboxylic acids is 1. The van der Waals surface area contributed by atoms with Gasteiger partial charge in [-0.05, 0) is 18.3 Å². The second-order valence-electron chi connectivity index (χ2n) is 4.98. The predicted molar refractivity (Wildman–Crippen MR) is 64.5 cm³/mol. The molecule has 0 heterocycles. The molecule has 1 amide bonds. The highest BCUT2D eigenvalue weighted by atomic mass is 16.4. The maximum atomic E-state index is 11.6. The van der Waals surface area contributed by atoms with Crippen LogP contribution in [0.15, 0.2) is 0 Å². The van der Waals surface area contributed by atoms with Crippen LogP contribution >= 0.6 is 0 Å². The first-order chi connectivity index (χ1) is 7.85. The summed E-state index contributed by atoms with van der Waals surface area (Å²) in [5.41, 5.74) is 0. The second kappa shape index (κ2) is 8.06. The summed E-state index contributed by atoms with van der Waals surface area (Å²) in [6, 6.07) is -0.237. The minimum absolute atomic E-state index is 0.0125. The standard InChI is InChI=1S/C12H23NO4/c1-8(2)4-10(7-14)13-11(15)5-9(3)6-12(16)17/h8-10,14H,4-7H2,1-3H3,(H,13,15)(H,16,17). The van der Waals surface area contributed by atoms with E-state index < -0.39 is 5.97 Å². The highest BCUT2D eigenvalue weighted by Gasteiger charge is 2.16. The monoisotopic (exact) mass is 245 g/mol. The molecular weight excluding hydrogens is 222 g/mol. The first kappa shape index (κ1) is 15.9. The third kappa shape index (κ3) is 8.68. The van der Waals surface area contributed by atoms with Gasteiger partial charge in [0.2, 0.25) is 5.91 Å². The van der Waals surface area contributed by atoms with Crippen LogP contribution in [0.25, 0.3) is 0 Å². The fourth-order valence-corrected chi connectivity index (χ4v) is 1.72. The Hall–Kier alpha value is -1.10. The zero-order valence-corrected chi connectivity index (χ0v) is 10.8. The van der Waals surface area contributed by atoms with Crippen LogP contribution in [0.4, 0.5) is 0 Å². The highest BCUT2D eigenvalue weighted by molar-refractivity contribution is 5.77. The molecule has 0 aliphatic heterocycles. The minimum atomic E-state index is -0.897. The van der Waals surface area contributed by atoms with E-state index in [-0.39, 0.29) is 37.3 Å². The Labute approximate surface area is 102 Å². The van der Waals surface area contributed by atoms with Gasteiger partial charge in [0.25, 0.3) is 0 Å². The molecule has 2 unspecified atom stereocenters. The van der Waals surface area contributed by atoms with Crippen molar-refractivity contribution in [3.05, 3.63) is 0 Å². The van der Waals surface area contributed by atoms with Gasteiger partial charge in [-0.25, -0.2) is 0 Å². The van der Waals surface area contributed by atoms with E-state index in [1.165, 1.54) is 0 Å². The highest BCUT2D eigenvalue weighted by Crippen LogP contribution is 2.09. The number of aliphatic hydroxyl groups is 1. The average molecular weight is 245 g/mol. The van der Waals surface area contributed by atoms with Crippen LogP contribution in [0.1, 0.15) is 40.0 Å². The molecule has 5 nitrogen and oxygen atoms in total. The van der Waals surface area contributed by atoms with Gasteiger partial charge in [0.05, 0.1) is 12.6 Å². The Balaban J connectivity index is 4.01. The van der Waals surface area contributed by atoms with E-state index in [4.69, 9.17) is 10.2 Å². The molecule has 0 aromatic heterocycles. The van der Waals surface area contributed by atoms with Gasteiger partial charge >= 0.3 is 5.97 Å². The lowest BCUT2D eigenvalue weighted by Crippen LogP contribution is -2.39. The van der Waals surface area contributed by atoms with Gasteiger partial charge in [-0.1, -0.05) is 20.8 Å². The number of nitrogens with one attached hydrogen (secondary N) is 1. The number of rotatable bonds is 8. The molecule has 0 aliphatic carbocycles. The molecule has 100 valence electrons. The fourth-order valence-electron chi connectivity index (χ4n) is 1.72. The maximum Gasteiger partial charge on any atom is 0.303 e. The number of carboxylic acid groups (broad SMARTS) is 1. The number of aliphatic carboxylic acids is 1. The largest absolute Gasteiger partial charge is 0.481 e. The molecule has 0 bridgehead atoms. The quantitative estimate of drug-likeness (QED) is 0.595. The van der Waals surface area contributed by atoms with Crippen LogP contribution < -0.4 is 5.32 Å². The van der Waals surface area contributed by atoms with E-state index in [9.17, 15) is 9.59 Å². The van der Waals surface area contributed by atoms with Crippen molar-refractivity contribution in [2.75, 3.05) is 6.61 Å².